The van der Waals surface area contributed by atoms with Gasteiger partial charge >= 0.3 is 0 Å². The van der Waals surface area contributed by atoms with E-state index in [0.29, 0.717) is 19.7 Å². The van der Waals surface area contributed by atoms with Gasteiger partial charge in [-0.2, -0.15) is 0 Å². The number of sulfonamides is 1. The Kier molecular flexibility index (Phi) is 11.1. The molecular weight excluding hydrogens is 404 g/mol. The number of guanidine groups is 1. The summed E-state index contributed by atoms with van der Waals surface area (Å²) in [7, 11) is -3.53. The Hall–Kier alpha value is -1.68. The Morgan fingerprint density at radius 2 is 2.00 bits per heavy atom. The number of unbranched alkanes of at least 4 members (excludes halogenated alkanes) is 1. The van der Waals surface area contributed by atoms with Crippen LogP contribution in [0.5, 0.6) is 0 Å². The Morgan fingerprint density at radius 3 is 2.67 bits per heavy atom. The first-order chi connectivity index (χ1) is 14.5. The third kappa shape index (κ3) is 8.99. The van der Waals surface area contributed by atoms with Gasteiger partial charge in [0.1, 0.15) is 0 Å². The Morgan fingerprint density at radius 1 is 1.20 bits per heavy atom. The standard InChI is InChI=1S/C21H36N4O4S/c1-3-22-21(23-13-5-6-14-28-4-2)24-16-18-9-11-20(12-10-18)30(26,27)25-17-19-8-7-15-29-19/h9-12,19,25H,3-8,13-17H2,1-2H3,(H2,22,23,24). The maximum Gasteiger partial charge on any atom is 0.240 e. The highest BCUT2D eigenvalue weighted by molar-refractivity contribution is 7.89. The second-order valence-corrected chi connectivity index (χ2v) is 8.92. The van der Waals surface area contributed by atoms with E-state index in [9.17, 15) is 8.42 Å². The zero-order chi connectivity index (χ0) is 21.7. The number of rotatable bonds is 13. The van der Waals surface area contributed by atoms with Gasteiger partial charge in [0.25, 0.3) is 0 Å². The summed E-state index contributed by atoms with van der Waals surface area (Å²) >= 11 is 0. The second kappa shape index (κ2) is 13.6. The number of ether oxygens (including phenoxy) is 2. The van der Waals surface area contributed by atoms with Crippen molar-refractivity contribution in [2.45, 2.75) is 57.1 Å². The molecular formula is C21H36N4O4S. The van der Waals surface area contributed by atoms with Gasteiger partial charge in [0.2, 0.25) is 10.0 Å². The Bertz CT molecular complexity index is 732. The molecule has 8 nitrogen and oxygen atoms in total. The van der Waals surface area contributed by atoms with E-state index in [1.54, 1.807) is 24.3 Å². The van der Waals surface area contributed by atoms with Crippen LogP contribution in [0.25, 0.3) is 0 Å². The van der Waals surface area contributed by atoms with Crippen molar-refractivity contribution in [3.8, 4) is 0 Å². The van der Waals surface area contributed by atoms with E-state index < -0.39 is 10.0 Å². The molecule has 1 fully saturated rings. The monoisotopic (exact) mass is 440 g/mol. The largest absolute Gasteiger partial charge is 0.382 e. The third-order valence-electron chi connectivity index (χ3n) is 4.73. The van der Waals surface area contributed by atoms with Crippen LogP contribution in [-0.4, -0.2) is 59.9 Å². The first kappa shape index (κ1) is 24.6. The van der Waals surface area contributed by atoms with Crippen molar-refractivity contribution in [1.82, 2.24) is 15.4 Å². The van der Waals surface area contributed by atoms with Crippen LogP contribution in [-0.2, 0) is 26.0 Å². The minimum Gasteiger partial charge on any atom is -0.382 e. The maximum absolute atomic E-state index is 12.4. The SMILES string of the molecule is CCNC(=NCc1ccc(S(=O)(=O)NCC2CCCO2)cc1)NCCCCOCC. The second-order valence-electron chi connectivity index (χ2n) is 7.16. The molecule has 0 aliphatic carbocycles. The first-order valence-corrected chi connectivity index (χ1v) is 12.3. The van der Waals surface area contributed by atoms with Gasteiger partial charge in [-0.25, -0.2) is 18.1 Å². The lowest BCUT2D eigenvalue weighted by molar-refractivity contribution is 0.114. The molecule has 9 heteroatoms. The summed E-state index contributed by atoms with van der Waals surface area (Å²) in [5.74, 6) is 0.754. The van der Waals surface area contributed by atoms with Crippen LogP contribution in [0.3, 0.4) is 0 Å². The zero-order valence-corrected chi connectivity index (χ0v) is 19.0. The minimum atomic E-state index is -3.53. The fourth-order valence-corrected chi connectivity index (χ4v) is 4.12. The molecule has 1 saturated heterocycles. The van der Waals surface area contributed by atoms with Gasteiger partial charge in [-0.1, -0.05) is 12.1 Å². The fourth-order valence-electron chi connectivity index (χ4n) is 3.06. The van der Waals surface area contributed by atoms with Crippen LogP contribution in [0, 0.1) is 0 Å². The molecule has 1 atom stereocenters. The summed E-state index contributed by atoms with van der Waals surface area (Å²) in [6.45, 7) is 8.65. The maximum atomic E-state index is 12.4. The molecule has 1 heterocycles. The van der Waals surface area contributed by atoms with E-state index in [1.165, 1.54) is 0 Å². The topological polar surface area (TPSA) is 101 Å². The Labute approximate surface area is 180 Å². The first-order valence-electron chi connectivity index (χ1n) is 10.8. The summed E-state index contributed by atoms with van der Waals surface area (Å²) in [6, 6.07) is 6.85. The number of nitrogens with zero attached hydrogens (tertiary/aromatic N) is 1. The zero-order valence-electron chi connectivity index (χ0n) is 18.2. The number of benzene rings is 1. The molecule has 30 heavy (non-hydrogen) atoms. The lowest BCUT2D eigenvalue weighted by Gasteiger charge is -2.12. The predicted molar refractivity (Wildman–Crippen MR) is 119 cm³/mol. The molecule has 0 spiro atoms. The van der Waals surface area contributed by atoms with Gasteiger partial charge in [0.05, 0.1) is 17.5 Å². The number of hydrogen-bond acceptors (Lipinski definition) is 5. The van der Waals surface area contributed by atoms with Crippen molar-refractivity contribution in [2.75, 3.05) is 39.5 Å². The lowest BCUT2D eigenvalue weighted by atomic mass is 10.2. The Balaban J connectivity index is 1.82. The van der Waals surface area contributed by atoms with Crippen molar-refractivity contribution in [3.05, 3.63) is 29.8 Å². The molecule has 1 aromatic rings. The highest BCUT2D eigenvalue weighted by atomic mass is 32.2. The number of hydrogen-bond donors (Lipinski definition) is 3. The molecule has 1 aromatic carbocycles. The third-order valence-corrected chi connectivity index (χ3v) is 6.17. The van der Waals surface area contributed by atoms with Gasteiger partial charge in [-0.15, -0.1) is 0 Å². The summed E-state index contributed by atoms with van der Waals surface area (Å²) in [5, 5.41) is 6.54. The summed E-state index contributed by atoms with van der Waals surface area (Å²) in [5.41, 5.74) is 0.946. The van der Waals surface area contributed by atoms with Crippen LogP contribution in [0.15, 0.2) is 34.2 Å². The molecule has 0 saturated carbocycles. The quantitative estimate of drug-likeness (QED) is 0.246. The van der Waals surface area contributed by atoms with Crippen molar-refractivity contribution in [1.29, 1.82) is 0 Å². The summed E-state index contributed by atoms with van der Waals surface area (Å²) < 4.78 is 38.3. The van der Waals surface area contributed by atoms with Crippen molar-refractivity contribution in [3.63, 3.8) is 0 Å². The summed E-state index contributed by atoms with van der Waals surface area (Å²) in [6.07, 6.45) is 3.88. The van der Waals surface area contributed by atoms with Crippen molar-refractivity contribution in [2.24, 2.45) is 4.99 Å². The van der Waals surface area contributed by atoms with Gasteiger partial charge in [0, 0.05) is 39.5 Å². The molecule has 0 amide bonds. The molecule has 3 N–H and O–H groups in total. The minimum absolute atomic E-state index is 0.0236. The molecule has 0 radical (unpaired) electrons. The van der Waals surface area contributed by atoms with E-state index in [1.807, 2.05) is 13.8 Å². The van der Waals surface area contributed by atoms with E-state index in [4.69, 9.17) is 9.47 Å². The molecule has 1 unspecified atom stereocenters. The summed E-state index contributed by atoms with van der Waals surface area (Å²) in [4.78, 5) is 4.84. The van der Waals surface area contributed by atoms with Crippen LogP contribution < -0.4 is 15.4 Å². The molecule has 1 aliphatic heterocycles. The predicted octanol–water partition coefficient (Wildman–Crippen LogP) is 2.02. The highest BCUT2D eigenvalue weighted by Gasteiger charge is 2.20. The van der Waals surface area contributed by atoms with E-state index in [0.717, 1.165) is 63.5 Å². The average Bonchev–Trinajstić information content (AvgIpc) is 3.27. The van der Waals surface area contributed by atoms with Gasteiger partial charge in [-0.05, 0) is 57.2 Å². The molecule has 0 aromatic heterocycles. The molecule has 0 bridgehead atoms. The highest BCUT2D eigenvalue weighted by Crippen LogP contribution is 2.14. The van der Waals surface area contributed by atoms with Gasteiger partial charge < -0.3 is 20.1 Å². The molecule has 2 rings (SSSR count). The average molecular weight is 441 g/mol. The van der Waals surface area contributed by atoms with E-state index in [-0.39, 0.29) is 11.0 Å². The normalized spacial score (nSPS) is 17.3. The molecule has 170 valence electrons. The van der Waals surface area contributed by atoms with Gasteiger partial charge in [0.15, 0.2) is 5.96 Å². The number of aliphatic imine (C=N–C) groups is 1. The number of nitrogens with one attached hydrogen (secondary N) is 3. The van der Waals surface area contributed by atoms with Crippen molar-refractivity contribution < 1.29 is 17.9 Å². The van der Waals surface area contributed by atoms with E-state index in [2.05, 4.69) is 20.3 Å². The van der Waals surface area contributed by atoms with Crippen LogP contribution >= 0.6 is 0 Å². The smallest absolute Gasteiger partial charge is 0.240 e. The van der Waals surface area contributed by atoms with Crippen molar-refractivity contribution >= 4 is 16.0 Å². The van der Waals surface area contributed by atoms with Crippen LogP contribution in [0.2, 0.25) is 0 Å². The van der Waals surface area contributed by atoms with Crippen LogP contribution in [0.1, 0.15) is 45.1 Å². The molecule has 1 aliphatic rings. The van der Waals surface area contributed by atoms with Crippen LogP contribution in [0.4, 0.5) is 0 Å². The van der Waals surface area contributed by atoms with E-state index >= 15 is 0 Å². The lowest BCUT2D eigenvalue weighted by Crippen LogP contribution is -2.37. The van der Waals surface area contributed by atoms with Gasteiger partial charge in [-0.3, -0.25) is 0 Å². The fraction of sp³-hybridized carbons (Fsp3) is 0.667.